The van der Waals surface area contributed by atoms with Crippen molar-refractivity contribution in [3.8, 4) is 11.1 Å². The highest BCUT2D eigenvalue weighted by Crippen LogP contribution is 2.49. The van der Waals surface area contributed by atoms with Gasteiger partial charge in [-0.25, -0.2) is 0 Å². The summed E-state index contributed by atoms with van der Waals surface area (Å²) in [4.78, 5) is 0. The topological polar surface area (TPSA) is 0 Å². The van der Waals surface area contributed by atoms with Crippen LogP contribution in [0, 0.1) is 18.3 Å². The second-order valence-corrected chi connectivity index (χ2v) is 8.78. The van der Waals surface area contributed by atoms with Gasteiger partial charge >= 0.3 is 0 Å². The third-order valence-electron chi connectivity index (χ3n) is 6.64. The lowest BCUT2D eigenvalue weighted by molar-refractivity contribution is 0.0525. The summed E-state index contributed by atoms with van der Waals surface area (Å²) < 4.78 is 0. The molecule has 0 N–H and O–H groups in total. The molecule has 27 heavy (non-hydrogen) atoms. The molecule has 1 fully saturated rings. The van der Waals surface area contributed by atoms with Crippen LogP contribution in [0.1, 0.15) is 63.5 Å². The molecule has 0 nitrogen and oxygen atoms in total. The van der Waals surface area contributed by atoms with Crippen LogP contribution in [0.2, 0.25) is 0 Å². The van der Waals surface area contributed by atoms with Crippen molar-refractivity contribution in [1.29, 1.82) is 0 Å². The van der Waals surface area contributed by atoms with Crippen LogP contribution in [-0.2, 0) is 0 Å². The zero-order valence-electron chi connectivity index (χ0n) is 17.3. The molecule has 0 spiro atoms. The molecule has 0 heterocycles. The summed E-state index contributed by atoms with van der Waals surface area (Å²) in [5.74, 6) is 0.920. The first-order valence-corrected chi connectivity index (χ1v) is 10.5. The fourth-order valence-corrected chi connectivity index (χ4v) is 4.01. The van der Waals surface area contributed by atoms with Gasteiger partial charge in [0, 0.05) is 0 Å². The van der Waals surface area contributed by atoms with Crippen molar-refractivity contribution in [2.24, 2.45) is 11.3 Å². The van der Waals surface area contributed by atoms with Crippen molar-refractivity contribution in [2.75, 3.05) is 0 Å². The van der Waals surface area contributed by atoms with E-state index in [1.165, 1.54) is 59.9 Å². The fraction of sp³-hybridized carbons (Fsp3) is 0.407. The Kier molecular flexibility index (Phi) is 6.37. The normalized spacial score (nSPS) is 22.0. The number of aryl methyl sites for hydroxylation is 1. The molecule has 2 aromatic rings. The molecule has 0 bridgehead atoms. The highest BCUT2D eigenvalue weighted by molar-refractivity contribution is 5.66. The van der Waals surface area contributed by atoms with E-state index in [4.69, 9.17) is 0 Å². The molecule has 2 aromatic carbocycles. The number of hydrogen-bond acceptors (Lipinski definition) is 0. The molecule has 0 heteroatoms. The highest BCUT2D eigenvalue weighted by atomic mass is 14.4. The smallest absolute Gasteiger partial charge is 0.0184 e. The quantitative estimate of drug-likeness (QED) is 0.329. The minimum Gasteiger partial charge on any atom is -0.0958 e. The Morgan fingerprint density at radius 1 is 1.04 bits per heavy atom. The van der Waals surface area contributed by atoms with E-state index in [1.54, 1.807) is 0 Å². The van der Waals surface area contributed by atoms with Gasteiger partial charge in [-0.1, -0.05) is 98.7 Å². The number of allylic oxidation sites excluding steroid dienone is 2. The molecular weight excluding hydrogens is 324 g/mol. The van der Waals surface area contributed by atoms with E-state index < -0.39 is 0 Å². The molecule has 2 unspecified atom stereocenters. The monoisotopic (exact) mass is 358 g/mol. The summed E-state index contributed by atoms with van der Waals surface area (Å²) in [5, 5.41) is 0. The lowest BCUT2D eigenvalue weighted by atomic mass is 9.60. The van der Waals surface area contributed by atoms with E-state index >= 15 is 0 Å². The molecule has 0 saturated heterocycles. The summed E-state index contributed by atoms with van der Waals surface area (Å²) in [6.45, 7) is 11.2. The van der Waals surface area contributed by atoms with Crippen LogP contribution in [0.15, 0.2) is 66.8 Å². The molecule has 0 amide bonds. The first-order valence-electron chi connectivity index (χ1n) is 10.5. The first kappa shape index (κ1) is 19.7. The Labute approximate surface area is 166 Å². The molecule has 3 rings (SSSR count). The Bertz CT molecular complexity index is 776. The lowest BCUT2D eigenvalue weighted by Crippen LogP contribution is -2.35. The van der Waals surface area contributed by atoms with Gasteiger partial charge in [0.25, 0.3) is 0 Å². The number of unbranched alkanes of at least 4 members (excludes halogenated alkanes) is 1. The van der Waals surface area contributed by atoms with Crippen molar-refractivity contribution >= 4 is 6.08 Å². The number of benzene rings is 2. The minimum absolute atomic E-state index is 0.621. The predicted octanol–water partition coefficient (Wildman–Crippen LogP) is 8.23. The van der Waals surface area contributed by atoms with E-state index in [1.807, 2.05) is 0 Å². The SMILES string of the molecule is C=C(/C=C/c1ccc(-c2ccc(C)cc2)cc1)CCCCC1(C)CCC1C. The minimum atomic E-state index is 0.621. The lowest BCUT2D eigenvalue weighted by Gasteiger charge is -2.46. The summed E-state index contributed by atoms with van der Waals surface area (Å²) in [5.41, 5.74) is 6.94. The van der Waals surface area contributed by atoms with Crippen LogP contribution in [0.25, 0.3) is 17.2 Å². The van der Waals surface area contributed by atoms with Gasteiger partial charge in [0.15, 0.2) is 0 Å². The number of rotatable bonds is 8. The van der Waals surface area contributed by atoms with Crippen molar-refractivity contribution in [3.05, 3.63) is 77.9 Å². The van der Waals surface area contributed by atoms with Crippen LogP contribution in [0.5, 0.6) is 0 Å². The van der Waals surface area contributed by atoms with Gasteiger partial charge < -0.3 is 0 Å². The molecule has 2 atom stereocenters. The fourth-order valence-electron chi connectivity index (χ4n) is 4.01. The predicted molar refractivity (Wildman–Crippen MR) is 120 cm³/mol. The van der Waals surface area contributed by atoms with Crippen LogP contribution in [-0.4, -0.2) is 0 Å². The molecule has 1 aliphatic rings. The van der Waals surface area contributed by atoms with Crippen LogP contribution in [0.3, 0.4) is 0 Å². The van der Waals surface area contributed by atoms with Gasteiger partial charge in [0.05, 0.1) is 0 Å². The van der Waals surface area contributed by atoms with Crippen LogP contribution in [0.4, 0.5) is 0 Å². The summed E-state index contributed by atoms with van der Waals surface area (Å²) in [7, 11) is 0. The molecule has 142 valence electrons. The largest absolute Gasteiger partial charge is 0.0958 e. The maximum Gasteiger partial charge on any atom is -0.0184 e. The maximum atomic E-state index is 4.24. The van der Waals surface area contributed by atoms with Crippen LogP contribution >= 0.6 is 0 Å². The molecule has 0 aliphatic heterocycles. The van der Waals surface area contributed by atoms with Crippen LogP contribution < -0.4 is 0 Å². The Morgan fingerprint density at radius 2 is 1.67 bits per heavy atom. The van der Waals surface area contributed by atoms with E-state index in [2.05, 4.69) is 88.0 Å². The van der Waals surface area contributed by atoms with Crippen molar-refractivity contribution in [3.63, 3.8) is 0 Å². The first-order chi connectivity index (χ1) is 13.0. The Balaban J connectivity index is 1.44. The summed E-state index contributed by atoms with van der Waals surface area (Å²) in [6, 6.07) is 17.5. The molecule has 1 saturated carbocycles. The standard InChI is InChI=1S/C27H34/c1-21(7-5-6-19-27(4)20-18-23(27)3)8-11-24-12-16-26(17-13-24)25-14-9-22(2)10-15-25/h8-17,23H,1,5-7,18-20H2,2-4H3/b11-8+. The van der Waals surface area contributed by atoms with E-state index in [9.17, 15) is 0 Å². The second kappa shape index (κ2) is 8.74. The zero-order chi connectivity index (χ0) is 19.3. The molecule has 0 aromatic heterocycles. The Morgan fingerprint density at radius 3 is 2.22 bits per heavy atom. The van der Waals surface area contributed by atoms with E-state index in [-0.39, 0.29) is 0 Å². The third kappa shape index (κ3) is 5.22. The van der Waals surface area contributed by atoms with Gasteiger partial charge in [-0.2, -0.15) is 0 Å². The average Bonchev–Trinajstić information content (AvgIpc) is 2.69. The van der Waals surface area contributed by atoms with Gasteiger partial charge in [-0.05, 0) is 67.1 Å². The average molecular weight is 359 g/mol. The summed E-state index contributed by atoms with van der Waals surface area (Å²) in [6.07, 6.45) is 12.3. The number of hydrogen-bond donors (Lipinski definition) is 0. The molecule has 1 aliphatic carbocycles. The maximum absolute atomic E-state index is 4.24. The third-order valence-corrected chi connectivity index (χ3v) is 6.64. The van der Waals surface area contributed by atoms with Gasteiger partial charge in [-0.15, -0.1) is 0 Å². The summed E-state index contributed by atoms with van der Waals surface area (Å²) >= 11 is 0. The van der Waals surface area contributed by atoms with Gasteiger partial charge in [0.1, 0.15) is 0 Å². The van der Waals surface area contributed by atoms with Gasteiger partial charge in [-0.3, -0.25) is 0 Å². The van der Waals surface area contributed by atoms with E-state index in [0.717, 1.165) is 12.3 Å². The zero-order valence-corrected chi connectivity index (χ0v) is 17.3. The second-order valence-electron chi connectivity index (χ2n) is 8.78. The molecular formula is C27H34. The van der Waals surface area contributed by atoms with Crippen molar-refractivity contribution in [1.82, 2.24) is 0 Å². The van der Waals surface area contributed by atoms with E-state index in [0.29, 0.717) is 5.41 Å². The highest BCUT2D eigenvalue weighted by Gasteiger charge is 2.38. The Hall–Kier alpha value is -2.08. The van der Waals surface area contributed by atoms with Gasteiger partial charge in [0.2, 0.25) is 0 Å². The van der Waals surface area contributed by atoms with Crippen molar-refractivity contribution in [2.45, 2.75) is 59.3 Å². The van der Waals surface area contributed by atoms with Crippen molar-refractivity contribution < 1.29 is 0 Å². The molecule has 0 radical (unpaired) electrons.